The zero-order chi connectivity index (χ0) is 10.3. The minimum Gasteiger partial charge on any atom is -0.773 e. The molecule has 0 aromatic carbocycles. The summed E-state index contributed by atoms with van der Waals surface area (Å²) in [7, 11) is 0. The molecule has 1 rings (SSSR count). The van der Waals surface area contributed by atoms with Gasteiger partial charge in [0.05, 0.1) is 0 Å². The number of hydrogen-bond acceptors (Lipinski definition) is 2. The molecule has 0 N–H and O–H groups in total. The maximum absolute atomic E-state index is 9.00. The van der Waals surface area contributed by atoms with Gasteiger partial charge in [-0.25, -0.2) is 0 Å². The van der Waals surface area contributed by atoms with E-state index in [2.05, 4.69) is 13.8 Å². The van der Waals surface area contributed by atoms with Crippen LogP contribution < -0.4 is 0 Å². The Bertz CT molecular complexity index is 136. The molecule has 13 heavy (non-hydrogen) atoms. The Morgan fingerprint density at radius 1 is 1.23 bits per heavy atom. The third kappa shape index (κ3) is 8.44. The number of rotatable bonds is 1. The van der Waals surface area contributed by atoms with Gasteiger partial charge in [-0.3, -0.25) is 4.21 Å². The molecule has 0 spiro atoms. The minimum atomic E-state index is -1.86. The highest BCUT2D eigenvalue weighted by molar-refractivity contribution is 7.78. The predicted octanol–water partition coefficient (Wildman–Crippen LogP) is 2.72. The van der Waals surface area contributed by atoms with E-state index in [1.165, 1.54) is 32.1 Å². The van der Waals surface area contributed by atoms with Gasteiger partial charge in [0.1, 0.15) is 0 Å². The van der Waals surface area contributed by atoms with Gasteiger partial charge in [-0.2, -0.15) is 0 Å². The maximum atomic E-state index is 9.00. The van der Waals surface area contributed by atoms with Crippen LogP contribution in [0.2, 0.25) is 0 Å². The second kappa shape index (κ2) is 7.51. The smallest absolute Gasteiger partial charge is 0.00142 e. The summed E-state index contributed by atoms with van der Waals surface area (Å²) in [5.74, 6) is 1.99. The molecule has 1 aliphatic rings. The fourth-order valence-corrected chi connectivity index (χ4v) is 1.80. The van der Waals surface area contributed by atoms with E-state index in [0.717, 1.165) is 18.1 Å². The van der Waals surface area contributed by atoms with Crippen molar-refractivity contribution in [2.24, 2.45) is 11.8 Å². The molecule has 1 aliphatic carbocycles. The lowest BCUT2D eigenvalue weighted by molar-refractivity contribution is 0.279. The summed E-state index contributed by atoms with van der Waals surface area (Å²) in [6, 6.07) is 0. The molecule has 0 aromatic heterocycles. The van der Waals surface area contributed by atoms with Crippen LogP contribution in [-0.4, -0.2) is 15.0 Å². The lowest BCUT2D eigenvalue weighted by Gasteiger charge is -2.24. The highest BCUT2D eigenvalue weighted by Gasteiger charge is 2.15. The van der Waals surface area contributed by atoms with Crippen LogP contribution in [0.4, 0.5) is 0 Å². The second-order valence-electron chi connectivity index (χ2n) is 4.04. The standard InChI is InChI=1S/C9H18.CH4O2S/c1-8(2)9-6-4-3-5-7-9;1-4(2)3/h8-9H,3-7H2,1-2H3;1H3,(H,2,3)/p-1. The summed E-state index contributed by atoms with van der Waals surface area (Å²) in [5, 5.41) is 0. The molecule has 2 nitrogen and oxygen atoms in total. The Morgan fingerprint density at radius 3 is 1.85 bits per heavy atom. The molecule has 1 atom stereocenters. The van der Waals surface area contributed by atoms with E-state index in [4.69, 9.17) is 8.76 Å². The summed E-state index contributed by atoms with van der Waals surface area (Å²) in [6.45, 7) is 4.71. The Labute approximate surface area is 84.4 Å². The van der Waals surface area contributed by atoms with Crippen LogP contribution in [0.15, 0.2) is 0 Å². The molecular weight excluding hydrogens is 184 g/mol. The van der Waals surface area contributed by atoms with Gasteiger partial charge < -0.3 is 4.55 Å². The summed E-state index contributed by atoms with van der Waals surface area (Å²) in [4.78, 5) is 0. The van der Waals surface area contributed by atoms with Gasteiger partial charge in [0.15, 0.2) is 0 Å². The Kier molecular flexibility index (Phi) is 7.57. The van der Waals surface area contributed by atoms with E-state index in [-0.39, 0.29) is 0 Å². The molecule has 1 saturated carbocycles. The van der Waals surface area contributed by atoms with Crippen molar-refractivity contribution in [3.05, 3.63) is 0 Å². The average molecular weight is 205 g/mol. The fraction of sp³-hybridized carbons (Fsp3) is 1.00. The van der Waals surface area contributed by atoms with Gasteiger partial charge in [0.2, 0.25) is 0 Å². The van der Waals surface area contributed by atoms with Crippen molar-refractivity contribution >= 4 is 11.1 Å². The minimum absolute atomic E-state index is 0.935. The normalized spacial score (nSPS) is 20.7. The van der Waals surface area contributed by atoms with Gasteiger partial charge in [0.25, 0.3) is 0 Å². The Balaban J connectivity index is 0.000000310. The molecular formula is C10H21O2S-. The van der Waals surface area contributed by atoms with Crippen LogP contribution in [0.25, 0.3) is 0 Å². The maximum Gasteiger partial charge on any atom is -0.00142 e. The van der Waals surface area contributed by atoms with Gasteiger partial charge in [-0.1, -0.05) is 57.0 Å². The molecule has 3 heteroatoms. The van der Waals surface area contributed by atoms with Crippen LogP contribution in [0.5, 0.6) is 0 Å². The first-order valence-corrected chi connectivity index (χ1v) is 6.53. The third-order valence-electron chi connectivity index (χ3n) is 2.59. The van der Waals surface area contributed by atoms with Crippen molar-refractivity contribution in [1.82, 2.24) is 0 Å². The quantitative estimate of drug-likeness (QED) is 0.617. The van der Waals surface area contributed by atoms with E-state index >= 15 is 0 Å². The van der Waals surface area contributed by atoms with E-state index in [1.54, 1.807) is 0 Å². The highest BCUT2D eigenvalue weighted by atomic mass is 32.2. The van der Waals surface area contributed by atoms with Crippen LogP contribution in [0.3, 0.4) is 0 Å². The zero-order valence-electron chi connectivity index (χ0n) is 8.91. The molecule has 0 bridgehead atoms. The zero-order valence-corrected chi connectivity index (χ0v) is 9.73. The first-order chi connectivity index (χ1) is 6.04. The van der Waals surface area contributed by atoms with E-state index in [9.17, 15) is 0 Å². The van der Waals surface area contributed by atoms with Gasteiger partial charge >= 0.3 is 0 Å². The topological polar surface area (TPSA) is 40.1 Å². The summed E-state index contributed by atoms with van der Waals surface area (Å²) in [5.41, 5.74) is 0. The van der Waals surface area contributed by atoms with Gasteiger partial charge in [-0.15, -0.1) is 0 Å². The lowest BCUT2D eigenvalue weighted by atomic mass is 9.82. The SMILES string of the molecule is CC(C)C1CCCCC1.CS(=O)[O-]. The molecule has 1 unspecified atom stereocenters. The molecule has 0 radical (unpaired) electrons. The van der Waals surface area contributed by atoms with Crippen LogP contribution in [0, 0.1) is 11.8 Å². The summed E-state index contributed by atoms with van der Waals surface area (Å²) in [6.07, 6.45) is 8.55. The monoisotopic (exact) mass is 205 g/mol. The van der Waals surface area contributed by atoms with Crippen molar-refractivity contribution in [2.75, 3.05) is 6.26 Å². The molecule has 0 amide bonds. The molecule has 0 saturated heterocycles. The van der Waals surface area contributed by atoms with Gasteiger partial charge in [0, 0.05) is 0 Å². The van der Waals surface area contributed by atoms with Crippen LogP contribution >= 0.6 is 0 Å². The first-order valence-electron chi connectivity index (χ1n) is 5.05. The molecule has 0 aromatic rings. The Hall–Kier alpha value is 0.110. The molecule has 0 heterocycles. The van der Waals surface area contributed by atoms with Crippen molar-refractivity contribution in [3.63, 3.8) is 0 Å². The molecule has 1 fully saturated rings. The summed E-state index contributed by atoms with van der Waals surface area (Å²) >= 11 is -1.86. The van der Waals surface area contributed by atoms with E-state index in [0.29, 0.717) is 0 Å². The van der Waals surface area contributed by atoms with Crippen molar-refractivity contribution in [1.29, 1.82) is 0 Å². The fourth-order valence-electron chi connectivity index (χ4n) is 1.80. The first kappa shape index (κ1) is 13.1. The number of hydrogen-bond donors (Lipinski definition) is 0. The van der Waals surface area contributed by atoms with Crippen molar-refractivity contribution in [3.8, 4) is 0 Å². The van der Waals surface area contributed by atoms with E-state index in [1.807, 2.05) is 0 Å². The van der Waals surface area contributed by atoms with Crippen molar-refractivity contribution < 1.29 is 8.76 Å². The molecule has 80 valence electrons. The average Bonchev–Trinajstić information content (AvgIpc) is 2.05. The predicted molar refractivity (Wildman–Crippen MR) is 56.3 cm³/mol. The lowest BCUT2D eigenvalue weighted by Crippen LogP contribution is -2.12. The molecule has 0 aliphatic heterocycles. The Morgan fingerprint density at radius 2 is 1.62 bits per heavy atom. The largest absolute Gasteiger partial charge is 0.773 e. The van der Waals surface area contributed by atoms with Crippen molar-refractivity contribution in [2.45, 2.75) is 46.0 Å². The summed E-state index contributed by atoms with van der Waals surface area (Å²) < 4.78 is 18.0. The highest BCUT2D eigenvalue weighted by Crippen LogP contribution is 2.29. The van der Waals surface area contributed by atoms with Crippen LogP contribution in [-0.2, 0) is 11.1 Å². The van der Waals surface area contributed by atoms with Crippen LogP contribution in [0.1, 0.15) is 46.0 Å². The third-order valence-corrected chi connectivity index (χ3v) is 2.59. The second-order valence-corrected chi connectivity index (χ2v) is 4.85. The van der Waals surface area contributed by atoms with E-state index < -0.39 is 11.1 Å². The van der Waals surface area contributed by atoms with Gasteiger partial charge in [-0.05, 0) is 18.1 Å².